The van der Waals surface area contributed by atoms with Gasteiger partial charge in [0.05, 0.1) is 27.8 Å². The molecule has 0 saturated heterocycles. The van der Waals surface area contributed by atoms with Gasteiger partial charge in [0.25, 0.3) is 0 Å². The molecule has 40 heavy (non-hydrogen) atoms. The Hall–Kier alpha value is -4.70. The Kier molecular flexibility index (Phi) is 5.34. The summed E-state index contributed by atoms with van der Waals surface area (Å²) < 4.78 is 8.82. The van der Waals surface area contributed by atoms with Gasteiger partial charge in [0, 0.05) is 34.4 Å². The summed E-state index contributed by atoms with van der Waals surface area (Å²) in [5, 5.41) is 4.69. The van der Waals surface area contributed by atoms with E-state index in [-0.39, 0.29) is 0 Å². The van der Waals surface area contributed by atoms with Crippen LogP contribution in [-0.2, 0) is 6.54 Å². The summed E-state index contributed by atoms with van der Waals surface area (Å²) in [6, 6.07) is 39.3. The van der Waals surface area contributed by atoms with Gasteiger partial charge >= 0.3 is 0 Å². The molecule has 0 radical (unpaired) electrons. The first-order valence-electron chi connectivity index (χ1n) is 14.3. The third-order valence-corrected chi connectivity index (χ3v) is 8.74. The molecule has 2 aromatic heterocycles. The third-order valence-electron chi connectivity index (χ3n) is 8.74. The Balaban J connectivity index is 1.23. The predicted molar refractivity (Wildman–Crippen MR) is 167 cm³/mol. The van der Waals surface area contributed by atoms with Crippen LogP contribution in [-0.4, -0.2) is 10.6 Å². The molecule has 1 aliphatic rings. The number of furan rings is 1. The molecule has 1 fully saturated rings. The molecule has 2 heterocycles. The Morgan fingerprint density at radius 1 is 0.700 bits per heavy atom. The summed E-state index contributed by atoms with van der Waals surface area (Å²) in [5.74, 6) is 0. The fourth-order valence-corrected chi connectivity index (χ4v) is 6.84. The highest BCUT2D eigenvalue weighted by Crippen LogP contribution is 2.40. The smallest absolute Gasteiger partial charge is 0.145 e. The first-order valence-corrected chi connectivity index (χ1v) is 14.3. The molecule has 0 spiro atoms. The molecular weight excluding hydrogens is 490 g/mol. The molecule has 1 aliphatic carbocycles. The lowest BCUT2D eigenvalue weighted by Crippen LogP contribution is -2.33. The highest BCUT2D eigenvalue weighted by molar-refractivity contribution is 6.23. The van der Waals surface area contributed by atoms with Crippen LogP contribution in [0.3, 0.4) is 0 Å². The minimum atomic E-state index is 0.535. The van der Waals surface area contributed by atoms with Crippen molar-refractivity contribution in [1.29, 1.82) is 0 Å². The van der Waals surface area contributed by atoms with Crippen molar-refractivity contribution in [2.75, 3.05) is 10.6 Å². The van der Waals surface area contributed by atoms with E-state index in [2.05, 4.69) is 100 Å². The van der Waals surface area contributed by atoms with Crippen LogP contribution in [0, 0.1) is 0 Å². The minimum Gasteiger partial charge on any atom is -0.455 e. The van der Waals surface area contributed by atoms with Crippen LogP contribution >= 0.6 is 0 Å². The van der Waals surface area contributed by atoms with Gasteiger partial charge in [-0.1, -0.05) is 73.5 Å². The topological polar surface area (TPSA) is 47.3 Å². The quantitative estimate of drug-likeness (QED) is 0.230. The van der Waals surface area contributed by atoms with E-state index in [1.165, 1.54) is 47.5 Å². The number of aromatic nitrogens is 1. The maximum absolute atomic E-state index is 6.46. The molecule has 1 saturated carbocycles. The van der Waals surface area contributed by atoms with Gasteiger partial charge in [0.15, 0.2) is 0 Å². The SMILES string of the molecule is Nc1ccccc1N(Cc1ccc(-n2c3ccccc3c3c4oc5ccccc5c4ccc32)cc1)C1CCCC1. The van der Waals surface area contributed by atoms with E-state index in [0.29, 0.717) is 6.04 Å². The van der Waals surface area contributed by atoms with Gasteiger partial charge < -0.3 is 19.6 Å². The van der Waals surface area contributed by atoms with Gasteiger partial charge in [-0.25, -0.2) is 0 Å². The van der Waals surface area contributed by atoms with E-state index in [0.717, 1.165) is 51.1 Å². The van der Waals surface area contributed by atoms with Crippen molar-refractivity contribution in [3.63, 3.8) is 0 Å². The molecule has 196 valence electrons. The lowest BCUT2D eigenvalue weighted by Gasteiger charge is -2.32. The summed E-state index contributed by atoms with van der Waals surface area (Å²) in [4.78, 5) is 2.52. The highest BCUT2D eigenvalue weighted by atomic mass is 16.3. The standard InChI is InChI=1S/C36H31N3O/c37-30-13-5-7-15-32(30)38(25-9-1-2-10-25)23-24-17-19-26(20-18-24)39-31-14-6-3-12-29(31)35-33(39)22-21-28-27-11-4-8-16-34(27)40-36(28)35/h3-8,11-22,25H,1-2,9-10,23,37H2. The average Bonchev–Trinajstić information content (AvgIpc) is 3.73. The fourth-order valence-electron chi connectivity index (χ4n) is 6.84. The Bertz CT molecular complexity index is 2010. The van der Waals surface area contributed by atoms with Crippen molar-refractivity contribution >= 4 is 55.1 Å². The molecule has 0 bridgehead atoms. The Labute approximate surface area is 233 Å². The molecular formula is C36H31N3O. The van der Waals surface area contributed by atoms with E-state index in [1.807, 2.05) is 18.2 Å². The summed E-state index contributed by atoms with van der Waals surface area (Å²) in [6.45, 7) is 0.853. The molecule has 0 atom stereocenters. The van der Waals surface area contributed by atoms with Crippen molar-refractivity contribution < 1.29 is 4.42 Å². The van der Waals surface area contributed by atoms with E-state index >= 15 is 0 Å². The van der Waals surface area contributed by atoms with Crippen molar-refractivity contribution in [3.05, 3.63) is 115 Å². The van der Waals surface area contributed by atoms with Gasteiger partial charge in [0.1, 0.15) is 11.2 Å². The zero-order valence-corrected chi connectivity index (χ0v) is 22.4. The molecule has 0 amide bonds. The minimum absolute atomic E-state index is 0.535. The van der Waals surface area contributed by atoms with Gasteiger partial charge in [-0.3, -0.25) is 0 Å². The lowest BCUT2D eigenvalue weighted by atomic mass is 10.1. The van der Waals surface area contributed by atoms with E-state index in [1.54, 1.807) is 0 Å². The number of hydrogen-bond acceptors (Lipinski definition) is 3. The first kappa shape index (κ1) is 23.2. The number of nitrogens with two attached hydrogens (primary N) is 1. The predicted octanol–water partition coefficient (Wildman–Crippen LogP) is 9.21. The van der Waals surface area contributed by atoms with Crippen LogP contribution in [0.15, 0.2) is 114 Å². The van der Waals surface area contributed by atoms with Crippen molar-refractivity contribution in [1.82, 2.24) is 4.57 Å². The summed E-state index contributed by atoms with van der Waals surface area (Å²) in [5.41, 5.74) is 15.1. The molecule has 7 aromatic rings. The zero-order valence-electron chi connectivity index (χ0n) is 22.4. The molecule has 0 aliphatic heterocycles. The van der Waals surface area contributed by atoms with Gasteiger partial charge in [-0.05, 0) is 66.9 Å². The molecule has 2 N–H and O–H groups in total. The number of fused-ring (bicyclic) bond motifs is 7. The van der Waals surface area contributed by atoms with E-state index < -0.39 is 0 Å². The van der Waals surface area contributed by atoms with Gasteiger partial charge in [-0.15, -0.1) is 0 Å². The molecule has 4 nitrogen and oxygen atoms in total. The number of para-hydroxylation sites is 4. The summed E-state index contributed by atoms with van der Waals surface area (Å²) in [7, 11) is 0. The van der Waals surface area contributed by atoms with Crippen molar-refractivity contribution in [2.45, 2.75) is 38.3 Å². The summed E-state index contributed by atoms with van der Waals surface area (Å²) in [6.07, 6.45) is 5.03. The maximum Gasteiger partial charge on any atom is 0.145 e. The lowest BCUT2D eigenvalue weighted by molar-refractivity contribution is 0.605. The number of nitrogens with zero attached hydrogens (tertiary/aromatic N) is 2. The highest BCUT2D eigenvalue weighted by Gasteiger charge is 2.24. The third kappa shape index (κ3) is 3.60. The number of rotatable bonds is 5. The normalized spacial score (nSPS) is 14.2. The maximum atomic E-state index is 6.46. The van der Waals surface area contributed by atoms with Crippen LogP contribution in [0.2, 0.25) is 0 Å². The van der Waals surface area contributed by atoms with Crippen LogP contribution in [0.5, 0.6) is 0 Å². The monoisotopic (exact) mass is 521 g/mol. The Morgan fingerprint density at radius 2 is 1.43 bits per heavy atom. The number of nitrogen functional groups attached to an aromatic ring is 1. The van der Waals surface area contributed by atoms with Crippen LogP contribution in [0.1, 0.15) is 31.2 Å². The second kappa shape index (κ2) is 9.20. The molecule has 8 rings (SSSR count). The summed E-state index contributed by atoms with van der Waals surface area (Å²) >= 11 is 0. The molecule has 4 heteroatoms. The van der Waals surface area contributed by atoms with Crippen molar-refractivity contribution in [3.8, 4) is 5.69 Å². The molecule has 5 aromatic carbocycles. The van der Waals surface area contributed by atoms with Crippen LogP contribution < -0.4 is 10.6 Å². The average molecular weight is 522 g/mol. The first-order chi connectivity index (χ1) is 19.8. The van der Waals surface area contributed by atoms with Crippen LogP contribution in [0.25, 0.3) is 49.4 Å². The van der Waals surface area contributed by atoms with E-state index in [4.69, 9.17) is 10.2 Å². The van der Waals surface area contributed by atoms with Crippen molar-refractivity contribution in [2.24, 2.45) is 0 Å². The van der Waals surface area contributed by atoms with E-state index in [9.17, 15) is 0 Å². The van der Waals surface area contributed by atoms with Gasteiger partial charge in [-0.2, -0.15) is 0 Å². The Morgan fingerprint density at radius 3 is 2.25 bits per heavy atom. The number of benzene rings is 5. The zero-order chi connectivity index (χ0) is 26.6. The molecule has 0 unspecified atom stereocenters. The number of hydrogen-bond donors (Lipinski definition) is 1. The fraction of sp³-hybridized carbons (Fsp3) is 0.167. The number of anilines is 2. The second-order valence-electron chi connectivity index (χ2n) is 11.1. The largest absolute Gasteiger partial charge is 0.455 e. The van der Waals surface area contributed by atoms with Gasteiger partial charge in [0.2, 0.25) is 0 Å². The second-order valence-corrected chi connectivity index (χ2v) is 11.1. The van der Waals surface area contributed by atoms with Crippen LogP contribution in [0.4, 0.5) is 11.4 Å².